The van der Waals surface area contributed by atoms with Gasteiger partial charge in [0.15, 0.2) is 5.75 Å². The van der Waals surface area contributed by atoms with Crippen molar-refractivity contribution in [3.8, 4) is 16.9 Å². The standard InChI is InChI=1S/C25H27N5O4S/c1-15-22(16(2)34-28-15)18-9-10-20-23-24(18)33-14-21(19-8-4-5-11-26-19)30(23)25(27-20)17-7-6-12-29(13-17)35(3,31)32/h4-5,8-11,17,21H,6-7,12-14H2,1-3H3/t17?,21-/m1/s1. The highest BCUT2D eigenvalue weighted by molar-refractivity contribution is 7.88. The minimum absolute atomic E-state index is 0.0226. The molecule has 0 spiro atoms. The van der Waals surface area contributed by atoms with Crippen LogP contribution in [0.4, 0.5) is 0 Å². The molecule has 1 fully saturated rings. The Hall–Kier alpha value is -3.24. The predicted molar refractivity (Wildman–Crippen MR) is 131 cm³/mol. The third-order valence-electron chi connectivity index (χ3n) is 7.08. The van der Waals surface area contributed by atoms with Crippen molar-refractivity contribution >= 4 is 21.1 Å². The van der Waals surface area contributed by atoms with Crippen molar-refractivity contribution in [2.24, 2.45) is 0 Å². The van der Waals surface area contributed by atoms with Crippen molar-refractivity contribution in [2.45, 2.75) is 38.6 Å². The number of hydrogen-bond donors (Lipinski definition) is 0. The molecule has 0 saturated carbocycles. The van der Waals surface area contributed by atoms with Crippen LogP contribution in [0.15, 0.2) is 41.1 Å². The first kappa shape index (κ1) is 22.2. The number of piperidine rings is 1. The molecule has 2 atom stereocenters. The first-order chi connectivity index (χ1) is 16.8. The van der Waals surface area contributed by atoms with Gasteiger partial charge in [-0.3, -0.25) is 4.98 Å². The summed E-state index contributed by atoms with van der Waals surface area (Å²) in [4.78, 5) is 9.69. The van der Waals surface area contributed by atoms with Gasteiger partial charge < -0.3 is 13.8 Å². The van der Waals surface area contributed by atoms with Crippen molar-refractivity contribution < 1.29 is 17.7 Å². The van der Waals surface area contributed by atoms with Crippen LogP contribution in [0.5, 0.6) is 5.75 Å². The third-order valence-corrected chi connectivity index (χ3v) is 8.35. The van der Waals surface area contributed by atoms with Crippen LogP contribution in [-0.4, -0.2) is 58.4 Å². The van der Waals surface area contributed by atoms with E-state index in [2.05, 4.69) is 14.7 Å². The number of nitrogens with zero attached hydrogens (tertiary/aromatic N) is 5. The summed E-state index contributed by atoms with van der Waals surface area (Å²) in [7, 11) is -3.28. The number of pyridine rings is 1. The van der Waals surface area contributed by atoms with E-state index >= 15 is 0 Å². The lowest BCUT2D eigenvalue weighted by Gasteiger charge is -2.33. The Morgan fingerprint density at radius 3 is 2.71 bits per heavy atom. The van der Waals surface area contributed by atoms with Crippen molar-refractivity contribution in [1.82, 2.24) is 24.0 Å². The SMILES string of the molecule is Cc1noc(C)c1-c1ccc2nc(C3CCCN(S(C)(=O)=O)C3)n3c2c1OC[C@@H]3c1ccccn1. The van der Waals surface area contributed by atoms with Crippen LogP contribution in [0.1, 0.15) is 47.8 Å². The molecule has 4 aromatic rings. The molecule has 2 aliphatic rings. The van der Waals surface area contributed by atoms with E-state index in [1.165, 1.54) is 6.26 Å². The molecule has 10 heteroatoms. The molecule has 0 radical (unpaired) electrons. The summed E-state index contributed by atoms with van der Waals surface area (Å²) < 4.78 is 40.3. The van der Waals surface area contributed by atoms with Gasteiger partial charge in [-0.15, -0.1) is 0 Å². The van der Waals surface area contributed by atoms with Crippen LogP contribution in [-0.2, 0) is 10.0 Å². The van der Waals surface area contributed by atoms with Crippen molar-refractivity contribution in [3.63, 3.8) is 0 Å². The lowest BCUT2D eigenvalue weighted by Crippen LogP contribution is -2.39. The molecular formula is C25H27N5O4S. The van der Waals surface area contributed by atoms with E-state index in [1.54, 1.807) is 10.5 Å². The van der Waals surface area contributed by atoms with E-state index in [9.17, 15) is 8.42 Å². The molecule has 0 aliphatic carbocycles. The van der Waals surface area contributed by atoms with Gasteiger partial charge in [-0.05, 0) is 51.0 Å². The van der Waals surface area contributed by atoms with Crippen LogP contribution < -0.4 is 4.74 Å². The Morgan fingerprint density at radius 2 is 2.00 bits per heavy atom. The van der Waals surface area contributed by atoms with Gasteiger partial charge in [-0.2, -0.15) is 0 Å². The first-order valence-electron chi connectivity index (χ1n) is 11.8. The molecule has 2 aliphatic heterocycles. The second kappa shape index (κ2) is 8.17. The summed E-state index contributed by atoms with van der Waals surface area (Å²) in [5, 5.41) is 4.14. The highest BCUT2D eigenvalue weighted by atomic mass is 32.2. The van der Waals surface area contributed by atoms with Crippen LogP contribution in [0, 0.1) is 13.8 Å². The minimum Gasteiger partial charge on any atom is -0.488 e. The fraction of sp³-hybridized carbons (Fsp3) is 0.400. The summed E-state index contributed by atoms with van der Waals surface area (Å²) in [6.07, 6.45) is 4.73. The lowest BCUT2D eigenvalue weighted by molar-refractivity contribution is 0.246. The maximum Gasteiger partial charge on any atom is 0.211 e. The van der Waals surface area contributed by atoms with Gasteiger partial charge in [-0.1, -0.05) is 11.2 Å². The van der Waals surface area contributed by atoms with Gasteiger partial charge >= 0.3 is 0 Å². The largest absolute Gasteiger partial charge is 0.488 e. The number of rotatable bonds is 4. The molecule has 1 aromatic carbocycles. The second-order valence-electron chi connectivity index (χ2n) is 9.39. The second-order valence-corrected chi connectivity index (χ2v) is 11.4. The molecule has 182 valence electrons. The number of hydrogen-bond acceptors (Lipinski definition) is 7. The summed E-state index contributed by atoms with van der Waals surface area (Å²) in [6, 6.07) is 9.70. The molecule has 1 unspecified atom stereocenters. The fourth-order valence-electron chi connectivity index (χ4n) is 5.47. The zero-order valence-electron chi connectivity index (χ0n) is 19.9. The minimum atomic E-state index is -3.28. The molecule has 9 nitrogen and oxygen atoms in total. The van der Waals surface area contributed by atoms with Gasteiger partial charge in [0.05, 0.1) is 28.7 Å². The van der Waals surface area contributed by atoms with Gasteiger partial charge in [-0.25, -0.2) is 17.7 Å². The van der Waals surface area contributed by atoms with Crippen LogP contribution in [0.2, 0.25) is 0 Å². The van der Waals surface area contributed by atoms with E-state index in [4.69, 9.17) is 14.2 Å². The zero-order chi connectivity index (χ0) is 24.3. The number of sulfonamides is 1. The topological polar surface area (TPSA) is 103 Å². The summed E-state index contributed by atoms with van der Waals surface area (Å²) in [5.74, 6) is 2.34. The van der Waals surface area contributed by atoms with Gasteiger partial charge in [0.1, 0.15) is 29.8 Å². The van der Waals surface area contributed by atoms with E-state index in [-0.39, 0.29) is 12.0 Å². The molecule has 1 saturated heterocycles. The molecule has 35 heavy (non-hydrogen) atoms. The number of imidazole rings is 1. The maximum absolute atomic E-state index is 12.3. The highest BCUT2D eigenvalue weighted by Gasteiger charge is 2.36. The third kappa shape index (κ3) is 3.63. The smallest absolute Gasteiger partial charge is 0.211 e. The quantitative estimate of drug-likeness (QED) is 0.426. The van der Waals surface area contributed by atoms with E-state index in [0.29, 0.717) is 19.7 Å². The Balaban J connectivity index is 1.58. The number of ether oxygens (including phenoxy) is 1. The average Bonchev–Trinajstić information content (AvgIpc) is 3.41. The molecule has 0 amide bonds. The Bertz CT molecular complexity index is 1510. The van der Waals surface area contributed by atoms with E-state index < -0.39 is 10.0 Å². The molecule has 6 rings (SSSR count). The molecule has 0 bridgehead atoms. The lowest BCUT2D eigenvalue weighted by atomic mass is 9.97. The van der Waals surface area contributed by atoms with Gasteiger partial charge in [0.25, 0.3) is 0 Å². The number of benzene rings is 1. The molecule has 3 aromatic heterocycles. The predicted octanol–water partition coefficient (Wildman–Crippen LogP) is 3.82. The maximum atomic E-state index is 12.3. The highest BCUT2D eigenvalue weighted by Crippen LogP contribution is 2.46. The van der Waals surface area contributed by atoms with Gasteiger partial charge in [0.2, 0.25) is 10.0 Å². The molecule has 5 heterocycles. The Kier molecular flexibility index (Phi) is 5.19. The summed E-state index contributed by atoms with van der Waals surface area (Å²) in [5.41, 5.74) is 5.25. The summed E-state index contributed by atoms with van der Waals surface area (Å²) >= 11 is 0. The van der Waals surface area contributed by atoms with Crippen molar-refractivity contribution in [2.75, 3.05) is 26.0 Å². The average molecular weight is 494 g/mol. The number of aromatic nitrogens is 4. The van der Waals surface area contributed by atoms with Gasteiger partial charge in [0, 0.05) is 30.8 Å². The van der Waals surface area contributed by atoms with Crippen LogP contribution in [0.25, 0.3) is 22.2 Å². The van der Waals surface area contributed by atoms with E-state index in [1.807, 2.05) is 44.2 Å². The van der Waals surface area contributed by atoms with Crippen LogP contribution in [0.3, 0.4) is 0 Å². The molecule has 0 N–H and O–H groups in total. The van der Waals surface area contributed by atoms with Crippen molar-refractivity contribution in [3.05, 3.63) is 59.5 Å². The number of aryl methyl sites for hydroxylation is 2. The Labute approximate surface area is 203 Å². The fourth-order valence-corrected chi connectivity index (χ4v) is 6.38. The zero-order valence-corrected chi connectivity index (χ0v) is 20.7. The van der Waals surface area contributed by atoms with Crippen molar-refractivity contribution in [1.29, 1.82) is 0 Å². The monoisotopic (exact) mass is 493 g/mol. The molecular weight excluding hydrogens is 466 g/mol. The van der Waals surface area contributed by atoms with E-state index in [0.717, 1.165) is 63.7 Å². The van der Waals surface area contributed by atoms with Crippen LogP contribution >= 0.6 is 0 Å². The normalized spacial score (nSPS) is 20.8. The first-order valence-corrected chi connectivity index (χ1v) is 13.6. The summed E-state index contributed by atoms with van der Waals surface area (Å²) in [6.45, 7) is 5.18. The Morgan fingerprint density at radius 1 is 1.14 bits per heavy atom.